The fourth-order valence-electron chi connectivity index (χ4n) is 2.52. The first-order valence-corrected chi connectivity index (χ1v) is 7.30. The van der Waals surface area contributed by atoms with Crippen LogP contribution in [0.2, 0.25) is 5.15 Å². The quantitative estimate of drug-likeness (QED) is 0.843. The van der Waals surface area contributed by atoms with Crippen molar-refractivity contribution in [3.8, 4) is 0 Å². The third kappa shape index (κ3) is 4.71. The van der Waals surface area contributed by atoms with E-state index in [-0.39, 0.29) is 11.0 Å². The molecule has 1 aliphatic carbocycles. The van der Waals surface area contributed by atoms with Gasteiger partial charge >= 0.3 is 6.18 Å². The van der Waals surface area contributed by atoms with Gasteiger partial charge in [0.2, 0.25) is 5.82 Å². The molecule has 0 spiro atoms. The van der Waals surface area contributed by atoms with Crippen LogP contribution in [0.25, 0.3) is 0 Å². The van der Waals surface area contributed by atoms with E-state index in [2.05, 4.69) is 20.2 Å². The maximum absolute atomic E-state index is 12.6. The number of alkyl halides is 3. The molecule has 0 aliphatic heterocycles. The molecule has 1 N–H and O–H groups in total. The van der Waals surface area contributed by atoms with Gasteiger partial charge in [-0.1, -0.05) is 24.4 Å². The van der Waals surface area contributed by atoms with Crippen LogP contribution in [0.1, 0.15) is 31.5 Å². The fraction of sp³-hybridized carbons (Fsp3) is 0.692. The predicted molar refractivity (Wildman–Crippen MR) is 75.4 cm³/mol. The number of likely N-dealkylation sites (N-methyl/N-ethyl adjacent to an activating group) is 1. The van der Waals surface area contributed by atoms with Gasteiger partial charge < -0.3 is 10.2 Å². The van der Waals surface area contributed by atoms with Crippen molar-refractivity contribution in [2.24, 2.45) is 0 Å². The van der Waals surface area contributed by atoms with E-state index < -0.39 is 12.0 Å². The Kier molecular flexibility index (Phi) is 5.27. The number of halogens is 4. The highest BCUT2D eigenvalue weighted by Gasteiger charge is 2.35. The van der Waals surface area contributed by atoms with Crippen LogP contribution in [-0.4, -0.2) is 41.0 Å². The molecule has 0 unspecified atom stereocenters. The lowest BCUT2D eigenvalue weighted by atomic mass is 10.2. The van der Waals surface area contributed by atoms with E-state index in [0.717, 1.165) is 6.54 Å². The number of hydrogen-bond donors (Lipinski definition) is 1. The molecule has 4 nitrogen and oxygen atoms in total. The molecule has 0 amide bonds. The smallest absolute Gasteiger partial charge is 0.369 e. The lowest BCUT2D eigenvalue weighted by molar-refractivity contribution is -0.144. The third-order valence-electron chi connectivity index (χ3n) is 3.67. The summed E-state index contributed by atoms with van der Waals surface area (Å²) in [5.74, 6) is -1.12. The van der Waals surface area contributed by atoms with Crippen molar-refractivity contribution in [3.63, 3.8) is 0 Å². The Morgan fingerprint density at radius 1 is 1.33 bits per heavy atom. The Morgan fingerprint density at radius 3 is 2.62 bits per heavy atom. The van der Waals surface area contributed by atoms with Gasteiger partial charge in [0.25, 0.3) is 0 Å². The van der Waals surface area contributed by atoms with Crippen molar-refractivity contribution < 1.29 is 13.2 Å². The molecule has 21 heavy (non-hydrogen) atoms. The Morgan fingerprint density at radius 2 is 2.00 bits per heavy atom. The molecule has 2 rings (SSSR count). The van der Waals surface area contributed by atoms with Gasteiger partial charge in [-0.2, -0.15) is 13.2 Å². The van der Waals surface area contributed by atoms with Crippen LogP contribution in [0.5, 0.6) is 0 Å². The van der Waals surface area contributed by atoms with E-state index in [1.54, 1.807) is 0 Å². The third-order valence-corrected chi connectivity index (χ3v) is 3.86. The van der Waals surface area contributed by atoms with Gasteiger partial charge in [-0.05, 0) is 19.9 Å². The van der Waals surface area contributed by atoms with Crippen LogP contribution < -0.4 is 5.32 Å². The lowest BCUT2D eigenvalue weighted by Crippen LogP contribution is -2.33. The van der Waals surface area contributed by atoms with Crippen molar-refractivity contribution in [2.75, 3.05) is 25.5 Å². The number of aromatic nitrogens is 2. The second kappa shape index (κ2) is 6.79. The zero-order valence-electron chi connectivity index (χ0n) is 11.8. The summed E-state index contributed by atoms with van der Waals surface area (Å²) in [6, 6.07) is 1.87. The maximum atomic E-state index is 12.6. The largest absolute Gasteiger partial charge is 0.451 e. The van der Waals surface area contributed by atoms with Gasteiger partial charge in [0.05, 0.1) is 0 Å². The molecule has 1 saturated carbocycles. The first kappa shape index (κ1) is 16.3. The maximum Gasteiger partial charge on any atom is 0.451 e. The molecule has 1 aromatic rings. The van der Waals surface area contributed by atoms with Crippen molar-refractivity contribution in [1.82, 2.24) is 14.9 Å². The molecule has 1 aromatic heterocycles. The molecule has 0 saturated heterocycles. The molecule has 1 fully saturated rings. The van der Waals surface area contributed by atoms with E-state index in [0.29, 0.717) is 12.6 Å². The summed E-state index contributed by atoms with van der Waals surface area (Å²) in [6.07, 6.45) is 0.280. The Labute approximate surface area is 126 Å². The van der Waals surface area contributed by atoms with Crippen LogP contribution >= 0.6 is 11.6 Å². The topological polar surface area (TPSA) is 41.0 Å². The Hall–Kier alpha value is -1.08. The summed E-state index contributed by atoms with van der Waals surface area (Å²) in [7, 11) is 2.03. The van der Waals surface area contributed by atoms with Crippen molar-refractivity contribution in [2.45, 2.75) is 37.9 Å². The molecule has 0 bridgehead atoms. The molecular formula is C13H18ClF3N4. The van der Waals surface area contributed by atoms with Gasteiger partial charge in [0, 0.05) is 25.2 Å². The second-order valence-corrected chi connectivity index (χ2v) is 5.63. The van der Waals surface area contributed by atoms with Crippen molar-refractivity contribution in [3.05, 3.63) is 17.0 Å². The van der Waals surface area contributed by atoms with E-state index >= 15 is 0 Å². The molecule has 118 valence electrons. The number of hydrogen-bond acceptors (Lipinski definition) is 4. The number of nitrogens with zero attached hydrogens (tertiary/aromatic N) is 3. The number of rotatable bonds is 5. The van der Waals surface area contributed by atoms with Crippen LogP contribution in [0.4, 0.5) is 19.0 Å². The first-order valence-electron chi connectivity index (χ1n) is 6.92. The van der Waals surface area contributed by atoms with E-state index in [1.165, 1.54) is 31.7 Å². The zero-order valence-corrected chi connectivity index (χ0v) is 12.5. The summed E-state index contributed by atoms with van der Waals surface area (Å²) in [5.41, 5.74) is 0. The zero-order chi connectivity index (χ0) is 15.5. The van der Waals surface area contributed by atoms with Crippen molar-refractivity contribution in [1.29, 1.82) is 0 Å². The molecule has 0 atom stereocenters. The minimum absolute atomic E-state index is 0.0992. The Balaban J connectivity index is 1.89. The molecule has 8 heteroatoms. The lowest BCUT2D eigenvalue weighted by Gasteiger charge is -2.24. The van der Waals surface area contributed by atoms with Gasteiger partial charge in [0.1, 0.15) is 11.0 Å². The van der Waals surface area contributed by atoms with E-state index in [4.69, 9.17) is 11.6 Å². The first-order chi connectivity index (χ1) is 9.86. The fourth-order valence-corrected chi connectivity index (χ4v) is 2.71. The van der Waals surface area contributed by atoms with Crippen LogP contribution in [-0.2, 0) is 6.18 Å². The molecule has 0 radical (unpaired) electrons. The molecule has 0 aromatic carbocycles. The summed E-state index contributed by atoms with van der Waals surface area (Å²) in [5, 5.41) is 2.66. The predicted octanol–water partition coefficient (Wildman–Crippen LogP) is 3.44. The molecule has 1 heterocycles. The van der Waals surface area contributed by atoms with E-state index in [9.17, 15) is 13.2 Å². The minimum Gasteiger partial charge on any atom is -0.369 e. The number of anilines is 1. The summed E-state index contributed by atoms with van der Waals surface area (Å²) in [6.45, 7) is 1.26. The molecule has 1 aliphatic rings. The highest BCUT2D eigenvalue weighted by molar-refractivity contribution is 6.29. The highest BCUT2D eigenvalue weighted by Crippen LogP contribution is 2.28. The average molecular weight is 323 g/mol. The summed E-state index contributed by atoms with van der Waals surface area (Å²) >= 11 is 5.60. The van der Waals surface area contributed by atoms with Crippen LogP contribution in [0, 0.1) is 0 Å². The normalized spacial score (nSPS) is 16.7. The van der Waals surface area contributed by atoms with Gasteiger partial charge in [-0.25, -0.2) is 9.97 Å². The highest BCUT2D eigenvalue weighted by atomic mass is 35.5. The average Bonchev–Trinajstić information content (AvgIpc) is 2.90. The van der Waals surface area contributed by atoms with Crippen LogP contribution in [0.3, 0.4) is 0 Å². The monoisotopic (exact) mass is 322 g/mol. The number of nitrogens with one attached hydrogen (secondary N) is 1. The SMILES string of the molecule is CN(CCNc1cc(Cl)nc(C(F)(F)F)n1)C1CCCC1. The van der Waals surface area contributed by atoms with Crippen LogP contribution in [0.15, 0.2) is 6.07 Å². The summed E-state index contributed by atoms with van der Waals surface area (Å²) in [4.78, 5) is 8.87. The van der Waals surface area contributed by atoms with Gasteiger partial charge in [-0.15, -0.1) is 0 Å². The van der Waals surface area contributed by atoms with Gasteiger partial charge in [-0.3, -0.25) is 0 Å². The standard InChI is InChI=1S/C13H18ClF3N4/c1-21(9-4-2-3-5-9)7-6-18-11-8-10(14)19-12(20-11)13(15,16)17/h8-9H,2-7H2,1H3,(H,18,19,20). The minimum atomic E-state index is -4.60. The van der Waals surface area contributed by atoms with Crippen molar-refractivity contribution >= 4 is 17.4 Å². The Bertz CT molecular complexity index is 475. The second-order valence-electron chi connectivity index (χ2n) is 5.24. The summed E-state index contributed by atoms with van der Waals surface area (Å²) < 4.78 is 37.7. The van der Waals surface area contributed by atoms with Gasteiger partial charge in [0.15, 0.2) is 0 Å². The molecular weight excluding hydrogens is 305 g/mol. The van der Waals surface area contributed by atoms with E-state index in [1.807, 2.05) is 7.05 Å².